The van der Waals surface area contributed by atoms with Gasteiger partial charge in [-0.15, -0.1) is 0 Å². The Labute approximate surface area is 210 Å². The first kappa shape index (κ1) is 24.8. The van der Waals surface area contributed by atoms with Crippen molar-refractivity contribution < 1.29 is 18.0 Å². The molecule has 1 saturated heterocycles. The van der Waals surface area contributed by atoms with Crippen molar-refractivity contribution in [1.82, 2.24) is 4.90 Å². The van der Waals surface area contributed by atoms with E-state index in [1.807, 2.05) is 4.90 Å². The molecule has 3 aromatic carbocycles. The average molecular weight is 512 g/mol. The molecule has 2 N–H and O–H groups in total. The molecule has 0 radical (unpaired) electrons. The number of amides is 2. The summed E-state index contributed by atoms with van der Waals surface area (Å²) in [5, 5.41) is 2.87. The minimum atomic E-state index is -3.82. The third-order valence-electron chi connectivity index (χ3n) is 5.83. The lowest BCUT2D eigenvalue weighted by Crippen LogP contribution is -2.32. The van der Waals surface area contributed by atoms with Gasteiger partial charge in [-0.3, -0.25) is 14.3 Å². The number of hydrogen-bond donors (Lipinski definition) is 2. The molecule has 0 atom stereocenters. The van der Waals surface area contributed by atoms with Crippen molar-refractivity contribution in [3.63, 3.8) is 0 Å². The standard InChI is InChI=1S/C26H26ClN3O4S/c27-22-18-19(14-15-24(22)29-35(33,34)20-10-4-3-5-11-20)25(31)28-23-13-7-6-12-21(23)26(32)30-16-8-1-2-9-17-30/h3-7,10-15,18,29H,1-2,8-9,16-17H2,(H,28,31). The Bertz CT molecular complexity index is 1320. The summed E-state index contributed by atoms with van der Waals surface area (Å²) in [6.45, 7) is 1.41. The van der Waals surface area contributed by atoms with Gasteiger partial charge in [-0.05, 0) is 55.3 Å². The number of benzene rings is 3. The molecule has 0 aliphatic carbocycles. The van der Waals surface area contributed by atoms with E-state index in [1.54, 1.807) is 42.5 Å². The van der Waals surface area contributed by atoms with Gasteiger partial charge in [-0.25, -0.2) is 8.42 Å². The topological polar surface area (TPSA) is 95.6 Å². The minimum absolute atomic E-state index is 0.0751. The van der Waals surface area contributed by atoms with E-state index >= 15 is 0 Å². The quantitative estimate of drug-likeness (QED) is 0.462. The van der Waals surface area contributed by atoms with Crippen LogP contribution in [-0.4, -0.2) is 38.2 Å². The van der Waals surface area contributed by atoms with Gasteiger partial charge in [-0.1, -0.05) is 54.8 Å². The molecule has 0 spiro atoms. The Hall–Kier alpha value is -3.36. The first-order valence-electron chi connectivity index (χ1n) is 11.4. The molecule has 182 valence electrons. The Morgan fingerprint density at radius 2 is 1.46 bits per heavy atom. The number of para-hydroxylation sites is 1. The fourth-order valence-electron chi connectivity index (χ4n) is 3.96. The van der Waals surface area contributed by atoms with Crippen LogP contribution in [0.15, 0.2) is 77.7 Å². The third kappa shape index (κ3) is 6.01. The van der Waals surface area contributed by atoms with Gasteiger partial charge < -0.3 is 10.2 Å². The molecule has 4 rings (SSSR count). The van der Waals surface area contributed by atoms with Crippen molar-refractivity contribution in [2.75, 3.05) is 23.1 Å². The van der Waals surface area contributed by atoms with E-state index in [1.165, 1.54) is 30.3 Å². The lowest BCUT2D eigenvalue weighted by atomic mass is 10.1. The van der Waals surface area contributed by atoms with Gasteiger partial charge in [0.15, 0.2) is 0 Å². The number of carbonyl (C=O) groups is 2. The summed E-state index contributed by atoms with van der Waals surface area (Å²) in [6.07, 6.45) is 4.17. The van der Waals surface area contributed by atoms with Crippen molar-refractivity contribution >= 4 is 44.8 Å². The number of halogens is 1. The van der Waals surface area contributed by atoms with Crippen LogP contribution in [0.3, 0.4) is 0 Å². The van der Waals surface area contributed by atoms with Crippen molar-refractivity contribution in [3.05, 3.63) is 88.9 Å². The molecule has 0 saturated carbocycles. The zero-order chi connectivity index (χ0) is 24.8. The Balaban J connectivity index is 1.50. The highest BCUT2D eigenvalue weighted by Gasteiger charge is 2.21. The number of hydrogen-bond acceptors (Lipinski definition) is 4. The Morgan fingerprint density at radius 3 is 2.14 bits per heavy atom. The van der Waals surface area contributed by atoms with Gasteiger partial charge in [-0.2, -0.15) is 0 Å². The van der Waals surface area contributed by atoms with E-state index < -0.39 is 15.9 Å². The molecule has 1 fully saturated rings. The Morgan fingerprint density at radius 1 is 0.800 bits per heavy atom. The molecular weight excluding hydrogens is 486 g/mol. The second-order valence-corrected chi connectivity index (χ2v) is 10.4. The van der Waals surface area contributed by atoms with Crippen LogP contribution in [0, 0.1) is 0 Å². The highest BCUT2D eigenvalue weighted by Crippen LogP contribution is 2.27. The number of anilines is 2. The first-order chi connectivity index (χ1) is 16.8. The normalized spacial score (nSPS) is 14.1. The van der Waals surface area contributed by atoms with Crippen LogP contribution in [0.4, 0.5) is 11.4 Å². The van der Waals surface area contributed by atoms with Crippen LogP contribution in [0.2, 0.25) is 5.02 Å². The second kappa shape index (κ2) is 10.9. The van der Waals surface area contributed by atoms with E-state index in [-0.39, 0.29) is 27.1 Å². The largest absolute Gasteiger partial charge is 0.339 e. The summed E-state index contributed by atoms with van der Waals surface area (Å²) in [7, 11) is -3.82. The molecule has 35 heavy (non-hydrogen) atoms. The number of carbonyl (C=O) groups excluding carboxylic acids is 2. The summed E-state index contributed by atoms with van der Waals surface area (Å²) in [4.78, 5) is 28.0. The number of nitrogens with zero attached hydrogens (tertiary/aromatic N) is 1. The summed E-state index contributed by atoms with van der Waals surface area (Å²) in [5.41, 5.74) is 1.23. The smallest absolute Gasteiger partial charge is 0.261 e. The lowest BCUT2D eigenvalue weighted by molar-refractivity contribution is 0.0762. The number of likely N-dealkylation sites (tertiary alicyclic amines) is 1. The molecule has 1 aliphatic heterocycles. The predicted molar refractivity (Wildman–Crippen MR) is 137 cm³/mol. The fourth-order valence-corrected chi connectivity index (χ4v) is 5.34. The Kier molecular flexibility index (Phi) is 7.73. The molecule has 7 nitrogen and oxygen atoms in total. The summed E-state index contributed by atoms with van der Waals surface area (Å²) in [6, 6.07) is 19.1. The van der Waals surface area contributed by atoms with Crippen LogP contribution in [0.5, 0.6) is 0 Å². The maximum absolute atomic E-state index is 13.1. The first-order valence-corrected chi connectivity index (χ1v) is 13.3. The van der Waals surface area contributed by atoms with Crippen molar-refractivity contribution in [1.29, 1.82) is 0 Å². The highest BCUT2D eigenvalue weighted by molar-refractivity contribution is 7.92. The highest BCUT2D eigenvalue weighted by atomic mass is 35.5. The summed E-state index contributed by atoms with van der Waals surface area (Å²) >= 11 is 6.30. The van der Waals surface area contributed by atoms with Crippen LogP contribution >= 0.6 is 11.6 Å². The van der Waals surface area contributed by atoms with E-state index in [0.29, 0.717) is 24.3 Å². The van der Waals surface area contributed by atoms with Crippen LogP contribution in [-0.2, 0) is 10.0 Å². The molecule has 9 heteroatoms. The van der Waals surface area contributed by atoms with Crippen molar-refractivity contribution in [3.8, 4) is 0 Å². The molecule has 0 bridgehead atoms. The zero-order valence-electron chi connectivity index (χ0n) is 19.0. The molecule has 1 heterocycles. The SMILES string of the molecule is O=C(Nc1ccccc1C(=O)N1CCCCCC1)c1ccc(NS(=O)(=O)c2ccccc2)c(Cl)c1. The number of sulfonamides is 1. The lowest BCUT2D eigenvalue weighted by Gasteiger charge is -2.22. The molecule has 1 aliphatic rings. The van der Waals surface area contributed by atoms with Gasteiger partial charge in [0.05, 0.1) is 26.9 Å². The number of rotatable bonds is 6. The summed E-state index contributed by atoms with van der Waals surface area (Å²) < 4.78 is 27.6. The van der Waals surface area contributed by atoms with Crippen LogP contribution in [0.1, 0.15) is 46.4 Å². The van der Waals surface area contributed by atoms with Gasteiger partial charge in [0.2, 0.25) is 0 Å². The maximum Gasteiger partial charge on any atom is 0.261 e. The zero-order valence-corrected chi connectivity index (χ0v) is 20.6. The van der Waals surface area contributed by atoms with E-state index in [0.717, 1.165) is 25.7 Å². The van der Waals surface area contributed by atoms with Gasteiger partial charge in [0.25, 0.3) is 21.8 Å². The third-order valence-corrected chi connectivity index (χ3v) is 7.52. The maximum atomic E-state index is 13.1. The van der Waals surface area contributed by atoms with Gasteiger partial charge in [0.1, 0.15) is 0 Å². The van der Waals surface area contributed by atoms with E-state index in [2.05, 4.69) is 10.0 Å². The monoisotopic (exact) mass is 511 g/mol. The molecule has 0 aromatic heterocycles. The second-order valence-electron chi connectivity index (χ2n) is 8.32. The average Bonchev–Trinajstić information content (AvgIpc) is 3.15. The van der Waals surface area contributed by atoms with Gasteiger partial charge >= 0.3 is 0 Å². The van der Waals surface area contributed by atoms with E-state index in [9.17, 15) is 18.0 Å². The van der Waals surface area contributed by atoms with Crippen LogP contribution < -0.4 is 10.0 Å². The fraction of sp³-hybridized carbons (Fsp3) is 0.231. The van der Waals surface area contributed by atoms with Crippen LogP contribution in [0.25, 0.3) is 0 Å². The van der Waals surface area contributed by atoms with Crippen molar-refractivity contribution in [2.45, 2.75) is 30.6 Å². The van der Waals surface area contributed by atoms with Gasteiger partial charge in [0, 0.05) is 18.7 Å². The molecular formula is C26H26ClN3O4S. The van der Waals surface area contributed by atoms with Crippen molar-refractivity contribution in [2.24, 2.45) is 0 Å². The molecule has 3 aromatic rings. The molecule has 0 unspecified atom stereocenters. The molecule has 2 amide bonds. The predicted octanol–water partition coefficient (Wildman–Crippen LogP) is 5.41. The van der Waals surface area contributed by atoms with E-state index in [4.69, 9.17) is 11.6 Å². The summed E-state index contributed by atoms with van der Waals surface area (Å²) in [5.74, 6) is -0.563. The number of nitrogens with one attached hydrogen (secondary N) is 2. The minimum Gasteiger partial charge on any atom is -0.339 e.